The van der Waals surface area contributed by atoms with Crippen LogP contribution in [0.3, 0.4) is 0 Å². The molecule has 19 heavy (non-hydrogen) atoms. The van der Waals surface area contributed by atoms with Crippen LogP contribution in [-0.2, 0) is 4.79 Å². The predicted molar refractivity (Wildman–Crippen MR) is 71.9 cm³/mol. The van der Waals surface area contributed by atoms with Crippen molar-refractivity contribution in [3.05, 3.63) is 24.3 Å². The van der Waals surface area contributed by atoms with E-state index in [4.69, 9.17) is 15.6 Å². The van der Waals surface area contributed by atoms with Crippen molar-refractivity contribution < 1.29 is 14.6 Å². The van der Waals surface area contributed by atoms with Gasteiger partial charge in [0.15, 0.2) is 6.61 Å². The van der Waals surface area contributed by atoms with Gasteiger partial charge in [-0.2, -0.15) is 0 Å². The topological polar surface area (TPSA) is 75.8 Å². The number of hydrogen-bond acceptors (Lipinski definition) is 4. The largest absolute Gasteiger partial charge is 0.508 e. The molecule has 1 aliphatic rings. The van der Waals surface area contributed by atoms with Gasteiger partial charge in [0.2, 0.25) is 0 Å². The molecular weight excluding hydrogens is 244 g/mol. The SMILES string of the molecule is CC1CC(CN)CN1C(=O)COc1ccc(O)cc1. The molecule has 3 N–H and O–H groups in total. The molecule has 1 saturated heterocycles. The van der Waals surface area contributed by atoms with E-state index < -0.39 is 0 Å². The van der Waals surface area contributed by atoms with Gasteiger partial charge in [0.1, 0.15) is 11.5 Å². The Balaban J connectivity index is 1.86. The van der Waals surface area contributed by atoms with E-state index in [1.807, 2.05) is 11.8 Å². The van der Waals surface area contributed by atoms with Crippen molar-refractivity contribution in [3.63, 3.8) is 0 Å². The first-order chi connectivity index (χ1) is 9.10. The Morgan fingerprint density at radius 3 is 2.74 bits per heavy atom. The number of rotatable bonds is 4. The monoisotopic (exact) mass is 264 g/mol. The van der Waals surface area contributed by atoms with E-state index >= 15 is 0 Å². The van der Waals surface area contributed by atoms with Crippen LogP contribution < -0.4 is 10.5 Å². The Bertz CT molecular complexity index is 433. The van der Waals surface area contributed by atoms with Gasteiger partial charge in [-0.1, -0.05) is 0 Å². The van der Waals surface area contributed by atoms with Crippen LogP contribution >= 0.6 is 0 Å². The van der Waals surface area contributed by atoms with Crippen LogP contribution in [0.25, 0.3) is 0 Å². The predicted octanol–water partition coefficient (Wildman–Crippen LogP) is 0.967. The number of likely N-dealkylation sites (tertiary alicyclic amines) is 1. The Morgan fingerprint density at radius 2 is 2.16 bits per heavy atom. The summed E-state index contributed by atoms with van der Waals surface area (Å²) >= 11 is 0. The van der Waals surface area contributed by atoms with Crippen LogP contribution in [0.1, 0.15) is 13.3 Å². The molecule has 104 valence electrons. The first kappa shape index (κ1) is 13.7. The summed E-state index contributed by atoms with van der Waals surface area (Å²) in [5.41, 5.74) is 5.64. The first-order valence-corrected chi connectivity index (χ1v) is 6.51. The standard InChI is InChI=1S/C14H20N2O3/c1-10-6-11(7-15)8-16(10)14(18)9-19-13-4-2-12(17)3-5-13/h2-5,10-11,17H,6-9,15H2,1H3. The fraction of sp³-hybridized carbons (Fsp3) is 0.500. The van der Waals surface area contributed by atoms with Crippen molar-refractivity contribution in [1.29, 1.82) is 0 Å². The molecule has 0 saturated carbocycles. The summed E-state index contributed by atoms with van der Waals surface area (Å²) in [5, 5.41) is 9.16. The minimum absolute atomic E-state index is 0.0171. The van der Waals surface area contributed by atoms with Crippen LogP contribution in [0, 0.1) is 5.92 Å². The lowest BCUT2D eigenvalue weighted by Crippen LogP contribution is -2.37. The van der Waals surface area contributed by atoms with Gasteiger partial charge in [-0.05, 0) is 50.1 Å². The molecule has 5 nitrogen and oxygen atoms in total. The summed E-state index contributed by atoms with van der Waals surface area (Å²) in [6.45, 7) is 3.39. The van der Waals surface area contributed by atoms with E-state index in [-0.39, 0.29) is 24.3 Å². The number of benzene rings is 1. The van der Waals surface area contributed by atoms with E-state index in [1.165, 1.54) is 12.1 Å². The molecular formula is C14H20N2O3. The second-order valence-corrected chi connectivity index (χ2v) is 5.02. The van der Waals surface area contributed by atoms with Crippen LogP contribution in [-0.4, -0.2) is 41.7 Å². The molecule has 1 aromatic carbocycles. The number of nitrogens with two attached hydrogens (primary N) is 1. The Morgan fingerprint density at radius 1 is 1.47 bits per heavy atom. The quantitative estimate of drug-likeness (QED) is 0.849. The minimum Gasteiger partial charge on any atom is -0.508 e. The molecule has 1 amide bonds. The molecule has 2 atom stereocenters. The third-order valence-corrected chi connectivity index (χ3v) is 3.51. The van der Waals surface area contributed by atoms with Gasteiger partial charge >= 0.3 is 0 Å². The number of phenols is 1. The van der Waals surface area contributed by atoms with Crippen molar-refractivity contribution in [3.8, 4) is 11.5 Å². The van der Waals surface area contributed by atoms with Gasteiger partial charge in [0, 0.05) is 12.6 Å². The molecule has 1 aliphatic heterocycles. The average molecular weight is 264 g/mol. The smallest absolute Gasteiger partial charge is 0.260 e. The highest BCUT2D eigenvalue weighted by atomic mass is 16.5. The number of carbonyl (C=O) groups excluding carboxylic acids is 1. The fourth-order valence-electron chi connectivity index (χ4n) is 2.43. The highest BCUT2D eigenvalue weighted by Gasteiger charge is 2.31. The molecule has 0 spiro atoms. The summed E-state index contributed by atoms with van der Waals surface area (Å²) in [6.07, 6.45) is 0.960. The summed E-state index contributed by atoms with van der Waals surface area (Å²) < 4.78 is 5.42. The number of nitrogens with zero attached hydrogens (tertiary/aromatic N) is 1. The summed E-state index contributed by atoms with van der Waals surface area (Å²) in [7, 11) is 0. The van der Waals surface area contributed by atoms with Gasteiger partial charge in [-0.15, -0.1) is 0 Å². The number of carbonyl (C=O) groups is 1. The maximum Gasteiger partial charge on any atom is 0.260 e. The molecule has 0 bridgehead atoms. The number of phenolic OH excluding ortho intramolecular Hbond substituents is 1. The van der Waals surface area contributed by atoms with Gasteiger partial charge in [-0.3, -0.25) is 4.79 Å². The lowest BCUT2D eigenvalue weighted by atomic mass is 10.1. The molecule has 1 heterocycles. The highest BCUT2D eigenvalue weighted by molar-refractivity contribution is 5.78. The molecule has 0 aliphatic carbocycles. The number of amides is 1. The molecule has 0 aromatic heterocycles. The Hall–Kier alpha value is -1.75. The number of hydrogen-bond donors (Lipinski definition) is 2. The molecule has 0 radical (unpaired) electrons. The van der Waals surface area contributed by atoms with Crippen LogP contribution in [0.5, 0.6) is 11.5 Å². The average Bonchev–Trinajstić information content (AvgIpc) is 2.79. The van der Waals surface area contributed by atoms with Crippen molar-refractivity contribution in [2.75, 3.05) is 19.7 Å². The van der Waals surface area contributed by atoms with Gasteiger partial charge in [0.05, 0.1) is 0 Å². The lowest BCUT2D eigenvalue weighted by Gasteiger charge is -2.21. The Kier molecular flexibility index (Phi) is 4.27. The summed E-state index contributed by atoms with van der Waals surface area (Å²) in [4.78, 5) is 13.9. The molecule has 2 rings (SSSR count). The lowest BCUT2D eigenvalue weighted by molar-refractivity contribution is -0.134. The summed E-state index contributed by atoms with van der Waals surface area (Å²) in [5.74, 6) is 1.13. The molecule has 1 aromatic rings. The molecule has 5 heteroatoms. The zero-order valence-corrected chi connectivity index (χ0v) is 11.1. The van der Waals surface area contributed by atoms with Crippen molar-refractivity contribution in [1.82, 2.24) is 4.90 Å². The summed E-state index contributed by atoms with van der Waals surface area (Å²) in [6, 6.07) is 6.56. The highest BCUT2D eigenvalue weighted by Crippen LogP contribution is 2.22. The van der Waals surface area contributed by atoms with E-state index in [0.717, 1.165) is 13.0 Å². The zero-order valence-electron chi connectivity index (χ0n) is 11.1. The molecule has 2 unspecified atom stereocenters. The normalized spacial score (nSPS) is 22.5. The van der Waals surface area contributed by atoms with Crippen LogP contribution in [0.4, 0.5) is 0 Å². The second kappa shape index (κ2) is 5.93. The minimum atomic E-state index is -0.0171. The maximum absolute atomic E-state index is 12.1. The second-order valence-electron chi connectivity index (χ2n) is 5.02. The number of ether oxygens (including phenoxy) is 1. The van der Waals surface area contributed by atoms with Gasteiger partial charge in [0.25, 0.3) is 5.91 Å². The van der Waals surface area contributed by atoms with E-state index in [9.17, 15) is 4.79 Å². The van der Waals surface area contributed by atoms with Crippen LogP contribution in [0.2, 0.25) is 0 Å². The van der Waals surface area contributed by atoms with Gasteiger partial charge in [-0.25, -0.2) is 0 Å². The van der Waals surface area contributed by atoms with Crippen molar-refractivity contribution in [2.24, 2.45) is 11.7 Å². The first-order valence-electron chi connectivity index (χ1n) is 6.51. The van der Waals surface area contributed by atoms with Crippen molar-refractivity contribution >= 4 is 5.91 Å². The third kappa shape index (κ3) is 3.38. The van der Waals surface area contributed by atoms with E-state index in [2.05, 4.69) is 0 Å². The van der Waals surface area contributed by atoms with E-state index in [0.29, 0.717) is 18.2 Å². The number of aromatic hydroxyl groups is 1. The molecule has 1 fully saturated rings. The third-order valence-electron chi connectivity index (χ3n) is 3.51. The Labute approximate surface area is 113 Å². The maximum atomic E-state index is 12.1. The zero-order chi connectivity index (χ0) is 13.8. The van der Waals surface area contributed by atoms with Crippen molar-refractivity contribution in [2.45, 2.75) is 19.4 Å². The fourth-order valence-corrected chi connectivity index (χ4v) is 2.43. The van der Waals surface area contributed by atoms with Gasteiger partial charge < -0.3 is 20.5 Å². The van der Waals surface area contributed by atoms with E-state index in [1.54, 1.807) is 12.1 Å². The van der Waals surface area contributed by atoms with Crippen LogP contribution in [0.15, 0.2) is 24.3 Å².